The van der Waals surface area contributed by atoms with Crippen LogP contribution in [-0.2, 0) is 5.41 Å². The van der Waals surface area contributed by atoms with Gasteiger partial charge in [-0.2, -0.15) is 5.26 Å². The summed E-state index contributed by atoms with van der Waals surface area (Å²) >= 11 is 1.59. The van der Waals surface area contributed by atoms with Crippen molar-refractivity contribution in [3.63, 3.8) is 0 Å². The highest BCUT2D eigenvalue weighted by atomic mass is 32.1. The van der Waals surface area contributed by atoms with Crippen molar-refractivity contribution in [2.45, 2.75) is 38.5 Å². The first kappa shape index (κ1) is 9.54. The van der Waals surface area contributed by atoms with Crippen molar-refractivity contribution in [2.75, 3.05) is 5.73 Å². The molecule has 0 aliphatic heterocycles. The Kier molecular flexibility index (Phi) is 1.87. The summed E-state index contributed by atoms with van der Waals surface area (Å²) in [6, 6.07) is 2.24. The van der Waals surface area contributed by atoms with Crippen LogP contribution < -0.4 is 5.73 Å². The van der Waals surface area contributed by atoms with Crippen molar-refractivity contribution in [1.82, 2.24) is 0 Å². The molecular weight excluding hydrogens is 192 g/mol. The monoisotopic (exact) mass is 206 g/mol. The van der Waals surface area contributed by atoms with E-state index in [4.69, 9.17) is 11.0 Å². The first-order valence-corrected chi connectivity index (χ1v) is 5.61. The molecule has 0 saturated carbocycles. The topological polar surface area (TPSA) is 49.8 Å². The van der Waals surface area contributed by atoms with Gasteiger partial charge in [0.05, 0.1) is 5.56 Å². The van der Waals surface area contributed by atoms with Crippen LogP contribution in [0.3, 0.4) is 0 Å². The zero-order chi connectivity index (χ0) is 10.5. The highest BCUT2D eigenvalue weighted by Crippen LogP contribution is 2.52. The van der Waals surface area contributed by atoms with E-state index >= 15 is 0 Å². The Morgan fingerprint density at radius 1 is 1.57 bits per heavy atom. The molecular formula is C11H14N2S. The molecule has 1 atom stereocenters. The minimum Gasteiger partial charge on any atom is -0.389 e. The summed E-state index contributed by atoms with van der Waals surface area (Å²) in [5.74, 6) is 0.550. The van der Waals surface area contributed by atoms with Crippen molar-refractivity contribution in [3.8, 4) is 6.07 Å². The summed E-state index contributed by atoms with van der Waals surface area (Å²) < 4.78 is 0. The number of hydrogen-bond acceptors (Lipinski definition) is 3. The van der Waals surface area contributed by atoms with Gasteiger partial charge in [-0.25, -0.2) is 0 Å². The molecule has 1 heterocycles. The maximum atomic E-state index is 9.07. The van der Waals surface area contributed by atoms with Gasteiger partial charge in [0.1, 0.15) is 11.1 Å². The van der Waals surface area contributed by atoms with Crippen molar-refractivity contribution >= 4 is 16.3 Å². The second-order valence-corrected chi connectivity index (χ2v) is 5.77. The molecule has 1 aromatic heterocycles. The van der Waals surface area contributed by atoms with Crippen LogP contribution in [0.4, 0.5) is 5.00 Å². The lowest BCUT2D eigenvalue weighted by molar-refractivity contribution is 0.489. The first-order valence-electron chi connectivity index (χ1n) is 4.80. The third kappa shape index (κ3) is 1.07. The second-order valence-electron chi connectivity index (χ2n) is 4.68. The molecule has 74 valence electrons. The Morgan fingerprint density at radius 3 is 2.79 bits per heavy atom. The van der Waals surface area contributed by atoms with Crippen molar-refractivity contribution < 1.29 is 0 Å². The highest BCUT2D eigenvalue weighted by molar-refractivity contribution is 7.16. The van der Waals surface area contributed by atoms with Crippen molar-refractivity contribution in [1.29, 1.82) is 5.26 Å². The molecule has 2 nitrogen and oxygen atoms in total. The molecule has 1 aliphatic carbocycles. The fraction of sp³-hybridized carbons (Fsp3) is 0.545. The van der Waals surface area contributed by atoms with E-state index in [0.717, 1.165) is 12.0 Å². The number of nitrogen functional groups attached to an aromatic ring is 1. The van der Waals surface area contributed by atoms with E-state index in [2.05, 4.69) is 26.8 Å². The van der Waals surface area contributed by atoms with Gasteiger partial charge in [0, 0.05) is 4.88 Å². The highest BCUT2D eigenvalue weighted by Gasteiger charge is 2.39. The van der Waals surface area contributed by atoms with Gasteiger partial charge in [-0.1, -0.05) is 20.8 Å². The van der Waals surface area contributed by atoms with E-state index < -0.39 is 0 Å². The zero-order valence-electron chi connectivity index (χ0n) is 8.72. The van der Waals surface area contributed by atoms with Gasteiger partial charge < -0.3 is 5.73 Å². The predicted molar refractivity (Wildman–Crippen MR) is 59.5 cm³/mol. The van der Waals surface area contributed by atoms with Crippen LogP contribution in [-0.4, -0.2) is 0 Å². The summed E-state index contributed by atoms with van der Waals surface area (Å²) in [5.41, 5.74) is 7.89. The van der Waals surface area contributed by atoms with Gasteiger partial charge >= 0.3 is 0 Å². The van der Waals surface area contributed by atoms with E-state index in [1.165, 1.54) is 10.4 Å². The third-order valence-electron chi connectivity index (χ3n) is 3.02. The molecule has 14 heavy (non-hydrogen) atoms. The minimum absolute atomic E-state index is 0.119. The van der Waals surface area contributed by atoms with Gasteiger partial charge in [-0.05, 0) is 23.3 Å². The van der Waals surface area contributed by atoms with Crippen LogP contribution in [0.15, 0.2) is 0 Å². The summed E-state index contributed by atoms with van der Waals surface area (Å²) in [5, 5.41) is 9.76. The fourth-order valence-corrected chi connectivity index (χ4v) is 3.81. The molecule has 0 bridgehead atoms. The number of fused-ring (bicyclic) bond motifs is 1. The lowest BCUT2D eigenvalue weighted by Gasteiger charge is -2.18. The molecule has 0 saturated heterocycles. The largest absolute Gasteiger partial charge is 0.389 e. The maximum absolute atomic E-state index is 9.07. The normalized spacial score (nSPS) is 23.1. The van der Waals surface area contributed by atoms with Crippen LogP contribution >= 0.6 is 11.3 Å². The maximum Gasteiger partial charge on any atom is 0.104 e. The molecule has 0 aromatic carbocycles. The van der Waals surface area contributed by atoms with Gasteiger partial charge in [-0.3, -0.25) is 0 Å². The SMILES string of the molecule is CC1CC(C)(C)c2c1sc(N)c2C#N. The number of thiophene rings is 1. The summed E-state index contributed by atoms with van der Waals surface area (Å²) in [6.45, 7) is 6.61. The van der Waals surface area contributed by atoms with Gasteiger partial charge in [0.2, 0.25) is 0 Å². The molecule has 2 N–H and O–H groups in total. The molecule has 3 heteroatoms. The standard InChI is InChI=1S/C11H14N2S/c1-6-4-11(2,3)8-7(5-12)10(13)14-9(6)8/h6H,4,13H2,1-3H3. The summed E-state index contributed by atoms with van der Waals surface area (Å²) in [4.78, 5) is 1.32. The van der Waals surface area contributed by atoms with Crippen molar-refractivity contribution in [3.05, 3.63) is 16.0 Å². The van der Waals surface area contributed by atoms with Crippen LogP contribution in [0, 0.1) is 11.3 Å². The second kappa shape index (κ2) is 2.74. The molecule has 2 rings (SSSR count). The Balaban J connectivity index is 2.71. The molecule has 1 unspecified atom stereocenters. The van der Waals surface area contributed by atoms with Crippen LogP contribution in [0.5, 0.6) is 0 Å². The molecule has 1 aromatic rings. The predicted octanol–water partition coefficient (Wildman–Crippen LogP) is 2.99. The Bertz CT molecular complexity index is 423. The van der Waals surface area contributed by atoms with Crippen LogP contribution in [0.25, 0.3) is 0 Å². The fourth-order valence-electron chi connectivity index (χ4n) is 2.56. The van der Waals surface area contributed by atoms with Gasteiger partial charge in [-0.15, -0.1) is 11.3 Å². The summed E-state index contributed by atoms with van der Waals surface area (Å²) in [7, 11) is 0. The van der Waals surface area contributed by atoms with Gasteiger partial charge in [0.15, 0.2) is 0 Å². The zero-order valence-corrected chi connectivity index (χ0v) is 9.53. The number of nitrogens with two attached hydrogens (primary N) is 1. The number of anilines is 1. The first-order chi connectivity index (χ1) is 6.47. The quantitative estimate of drug-likeness (QED) is 0.709. The van der Waals surface area contributed by atoms with E-state index in [1.54, 1.807) is 11.3 Å². The van der Waals surface area contributed by atoms with Crippen molar-refractivity contribution in [2.24, 2.45) is 0 Å². The van der Waals surface area contributed by atoms with Gasteiger partial charge in [0.25, 0.3) is 0 Å². The number of hydrogen-bond donors (Lipinski definition) is 1. The number of nitrogens with zero attached hydrogens (tertiary/aromatic N) is 1. The van der Waals surface area contributed by atoms with E-state index in [1.807, 2.05) is 0 Å². The Hall–Kier alpha value is -1.01. The number of rotatable bonds is 0. The summed E-state index contributed by atoms with van der Waals surface area (Å²) in [6.07, 6.45) is 1.13. The van der Waals surface area contributed by atoms with E-state index in [9.17, 15) is 0 Å². The average molecular weight is 206 g/mol. The third-order valence-corrected chi connectivity index (χ3v) is 4.27. The molecule has 0 amide bonds. The van der Waals surface area contributed by atoms with Crippen LogP contribution in [0.2, 0.25) is 0 Å². The van der Waals surface area contributed by atoms with E-state index in [0.29, 0.717) is 10.9 Å². The Morgan fingerprint density at radius 2 is 2.21 bits per heavy atom. The average Bonchev–Trinajstić information content (AvgIpc) is 2.50. The lowest BCUT2D eigenvalue weighted by Crippen LogP contribution is -2.13. The minimum atomic E-state index is 0.119. The van der Waals surface area contributed by atoms with Crippen LogP contribution in [0.1, 0.15) is 49.1 Å². The molecule has 1 aliphatic rings. The van der Waals surface area contributed by atoms with E-state index in [-0.39, 0.29) is 5.41 Å². The molecule has 0 radical (unpaired) electrons. The Labute approximate surface area is 88.4 Å². The molecule has 0 spiro atoms. The smallest absolute Gasteiger partial charge is 0.104 e. The molecule has 0 fully saturated rings. The lowest BCUT2D eigenvalue weighted by atomic mass is 9.84. The number of nitriles is 1.